The number of furan rings is 1. The van der Waals surface area contributed by atoms with Gasteiger partial charge in [-0.2, -0.15) is 0 Å². The molecule has 0 saturated heterocycles. The number of carbonyl (C=O) groups excluding carboxylic acids is 1. The van der Waals surface area contributed by atoms with Crippen LogP contribution in [0.2, 0.25) is 0 Å². The van der Waals surface area contributed by atoms with Crippen molar-refractivity contribution in [2.45, 2.75) is 32.2 Å². The van der Waals surface area contributed by atoms with Crippen molar-refractivity contribution in [3.63, 3.8) is 0 Å². The average molecular weight is 275 g/mol. The third-order valence-corrected chi connectivity index (χ3v) is 3.63. The molecule has 20 heavy (non-hydrogen) atoms. The van der Waals surface area contributed by atoms with Crippen molar-refractivity contribution in [1.29, 1.82) is 0 Å². The number of nitrogens with zero attached hydrogens (tertiary/aromatic N) is 1. The van der Waals surface area contributed by atoms with Gasteiger partial charge in [-0.15, -0.1) is 0 Å². The van der Waals surface area contributed by atoms with E-state index in [0.29, 0.717) is 19.3 Å². The molecule has 0 spiro atoms. The first kappa shape index (κ1) is 14.6. The van der Waals surface area contributed by atoms with Gasteiger partial charge in [-0.3, -0.25) is 4.79 Å². The van der Waals surface area contributed by atoms with E-state index in [1.54, 1.807) is 11.9 Å². The summed E-state index contributed by atoms with van der Waals surface area (Å²) < 4.78 is 5.79. The lowest BCUT2D eigenvalue weighted by molar-refractivity contribution is -0.132. The van der Waals surface area contributed by atoms with E-state index in [0.717, 1.165) is 16.7 Å². The van der Waals surface area contributed by atoms with Crippen molar-refractivity contribution in [2.75, 3.05) is 13.7 Å². The monoisotopic (exact) mass is 275 g/mol. The highest BCUT2D eigenvalue weighted by atomic mass is 16.3. The molecular formula is C16H21NO3. The lowest BCUT2D eigenvalue weighted by Gasteiger charge is -2.23. The molecule has 1 amide bonds. The molecule has 2 aromatic rings. The van der Waals surface area contributed by atoms with Gasteiger partial charge in [0.15, 0.2) is 0 Å². The SMILES string of the molecule is CC(c1cc2ccccc2o1)N(C)C(=O)CCCCO. The fraction of sp³-hybridized carbons (Fsp3) is 0.438. The highest BCUT2D eigenvalue weighted by Crippen LogP contribution is 2.27. The maximum Gasteiger partial charge on any atom is 0.222 e. The number of aliphatic hydroxyl groups excluding tert-OH is 1. The molecule has 4 nitrogen and oxygen atoms in total. The van der Waals surface area contributed by atoms with Crippen LogP contribution >= 0.6 is 0 Å². The second-order valence-corrected chi connectivity index (χ2v) is 5.05. The van der Waals surface area contributed by atoms with Gasteiger partial charge in [0.05, 0.1) is 6.04 Å². The number of rotatable bonds is 6. The Hall–Kier alpha value is -1.81. The van der Waals surface area contributed by atoms with Gasteiger partial charge in [-0.25, -0.2) is 0 Å². The lowest BCUT2D eigenvalue weighted by atomic mass is 10.1. The van der Waals surface area contributed by atoms with Gasteiger partial charge in [0.2, 0.25) is 5.91 Å². The average Bonchev–Trinajstić information content (AvgIpc) is 2.89. The van der Waals surface area contributed by atoms with Crippen LogP contribution in [0.3, 0.4) is 0 Å². The Morgan fingerprint density at radius 2 is 2.10 bits per heavy atom. The van der Waals surface area contributed by atoms with Crippen LogP contribution in [0.4, 0.5) is 0 Å². The maximum atomic E-state index is 12.1. The quantitative estimate of drug-likeness (QED) is 0.824. The van der Waals surface area contributed by atoms with E-state index in [-0.39, 0.29) is 18.6 Å². The fourth-order valence-electron chi connectivity index (χ4n) is 2.18. The maximum absolute atomic E-state index is 12.1. The highest BCUT2D eigenvalue weighted by Gasteiger charge is 2.20. The predicted octanol–water partition coefficient (Wildman–Crippen LogP) is 3.11. The summed E-state index contributed by atoms with van der Waals surface area (Å²) in [6, 6.07) is 9.72. The van der Waals surface area contributed by atoms with E-state index < -0.39 is 0 Å². The van der Waals surface area contributed by atoms with E-state index >= 15 is 0 Å². The molecule has 0 fully saturated rings. The number of hydrogen-bond acceptors (Lipinski definition) is 3. The molecule has 0 aliphatic heterocycles. The molecule has 108 valence electrons. The summed E-state index contributed by atoms with van der Waals surface area (Å²) in [5, 5.41) is 9.80. The summed E-state index contributed by atoms with van der Waals surface area (Å²) in [5.74, 6) is 0.871. The van der Waals surface area contributed by atoms with Crippen LogP contribution < -0.4 is 0 Å². The summed E-state index contributed by atoms with van der Waals surface area (Å²) in [6.07, 6.45) is 1.84. The molecule has 1 aromatic heterocycles. The fourth-order valence-corrected chi connectivity index (χ4v) is 2.18. The number of carbonyl (C=O) groups is 1. The summed E-state index contributed by atoms with van der Waals surface area (Å²) >= 11 is 0. The molecule has 0 bridgehead atoms. The smallest absolute Gasteiger partial charge is 0.222 e. The number of fused-ring (bicyclic) bond motifs is 1. The number of hydrogen-bond donors (Lipinski definition) is 1. The Morgan fingerprint density at radius 3 is 2.80 bits per heavy atom. The Labute approximate surface area is 119 Å². The topological polar surface area (TPSA) is 53.7 Å². The molecule has 1 heterocycles. The highest BCUT2D eigenvalue weighted by molar-refractivity contribution is 5.79. The van der Waals surface area contributed by atoms with E-state index in [9.17, 15) is 4.79 Å². The number of para-hydroxylation sites is 1. The Morgan fingerprint density at radius 1 is 1.35 bits per heavy atom. The molecule has 1 N–H and O–H groups in total. The van der Waals surface area contributed by atoms with Gasteiger partial charge in [-0.1, -0.05) is 18.2 Å². The first-order valence-corrected chi connectivity index (χ1v) is 6.98. The predicted molar refractivity (Wildman–Crippen MR) is 78.3 cm³/mol. The molecule has 4 heteroatoms. The second-order valence-electron chi connectivity index (χ2n) is 5.05. The van der Waals surface area contributed by atoms with Crippen LogP contribution in [0.5, 0.6) is 0 Å². The van der Waals surface area contributed by atoms with Gasteiger partial charge in [0, 0.05) is 25.5 Å². The van der Waals surface area contributed by atoms with Crippen LogP contribution in [-0.2, 0) is 4.79 Å². The summed E-state index contributed by atoms with van der Waals surface area (Å²) in [7, 11) is 1.79. The van der Waals surface area contributed by atoms with Crippen LogP contribution in [0.1, 0.15) is 38.0 Å². The molecular weight excluding hydrogens is 254 g/mol. The van der Waals surface area contributed by atoms with Crippen LogP contribution in [0, 0.1) is 0 Å². The van der Waals surface area contributed by atoms with E-state index in [2.05, 4.69) is 0 Å². The van der Waals surface area contributed by atoms with Gasteiger partial charge in [0.25, 0.3) is 0 Å². The van der Waals surface area contributed by atoms with Crippen LogP contribution in [0.15, 0.2) is 34.7 Å². The molecule has 0 aliphatic carbocycles. The number of amides is 1. The zero-order chi connectivity index (χ0) is 14.5. The molecule has 2 rings (SSSR count). The molecule has 0 aliphatic rings. The first-order chi connectivity index (χ1) is 9.63. The summed E-state index contributed by atoms with van der Waals surface area (Å²) in [6.45, 7) is 2.10. The van der Waals surface area contributed by atoms with Crippen molar-refractivity contribution in [3.05, 3.63) is 36.1 Å². The van der Waals surface area contributed by atoms with E-state index in [4.69, 9.17) is 9.52 Å². The van der Waals surface area contributed by atoms with Gasteiger partial charge in [0.1, 0.15) is 11.3 Å². The third kappa shape index (κ3) is 3.20. The van der Waals surface area contributed by atoms with Crippen LogP contribution in [0.25, 0.3) is 11.0 Å². The number of benzene rings is 1. The van der Waals surface area contributed by atoms with Crippen molar-refractivity contribution in [3.8, 4) is 0 Å². The minimum Gasteiger partial charge on any atom is -0.459 e. The zero-order valence-corrected chi connectivity index (χ0v) is 12.0. The first-order valence-electron chi connectivity index (χ1n) is 6.98. The molecule has 0 radical (unpaired) electrons. The van der Waals surface area contributed by atoms with Crippen LogP contribution in [-0.4, -0.2) is 29.6 Å². The third-order valence-electron chi connectivity index (χ3n) is 3.63. The molecule has 0 saturated carbocycles. The standard InChI is InChI=1S/C16H21NO3/c1-12(17(2)16(19)9-5-6-10-18)15-11-13-7-3-4-8-14(13)20-15/h3-4,7-8,11-12,18H,5-6,9-10H2,1-2H3. The number of unbranched alkanes of at least 4 members (excludes halogenated alkanes) is 1. The Kier molecular flexibility index (Phi) is 4.79. The molecule has 1 unspecified atom stereocenters. The minimum absolute atomic E-state index is 0.0754. The van der Waals surface area contributed by atoms with Crippen molar-refractivity contribution >= 4 is 16.9 Å². The Balaban J connectivity index is 2.05. The van der Waals surface area contributed by atoms with E-state index in [1.165, 1.54) is 0 Å². The van der Waals surface area contributed by atoms with Gasteiger partial charge >= 0.3 is 0 Å². The number of aliphatic hydroxyl groups is 1. The molecule has 1 aromatic carbocycles. The van der Waals surface area contributed by atoms with Gasteiger partial charge < -0.3 is 14.4 Å². The largest absolute Gasteiger partial charge is 0.459 e. The summed E-state index contributed by atoms with van der Waals surface area (Å²) in [4.78, 5) is 13.8. The summed E-state index contributed by atoms with van der Waals surface area (Å²) in [5.41, 5.74) is 0.843. The van der Waals surface area contributed by atoms with Crippen molar-refractivity contribution in [2.24, 2.45) is 0 Å². The van der Waals surface area contributed by atoms with E-state index in [1.807, 2.05) is 37.3 Å². The van der Waals surface area contributed by atoms with Gasteiger partial charge in [-0.05, 0) is 31.9 Å². The lowest BCUT2D eigenvalue weighted by Crippen LogP contribution is -2.29. The van der Waals surface area contributed by atoms with Crippen molar-refractivity contribution < 1.29 is 14.3 Å². The minimum atomic E-state index is -0.0935. The van der Waals surface area contributed by atoms with Crippen molar-refractivity contribution in [1.82, 2.24) is 4.90 Å². The molecule has 1 atom stereocenters. The second kappa shape index (κ2) is 6.57. The normalized spacial score (nSPS) is 12.6. The Bertz CT molecular complexity index is 543. The zero-order valence-electron chi connectivity index (χ0n) is 12.0.